The van der Waals surface area contributed by atoms with Crippen LogP contribution in [-0.2, 0) is 14.6 Å². The minimum atomic E-state index is -3.16. The lowest BCUT2D eigenvalue weighted by molar-refractivity contribution is 0.0983. The molecule has 0 aromatic heterocycles. The van der Waals surface area contributed by atoms with Crippen molar-refractivity contribution in [2.75, 3.05) is 19.0 Å². The predicted molar refractivity (Wildman–Crippen MR) is 80.5 cm³/mol. The highest BCUT2D eigenvalue weighted by Gasteiger charge is 2.29. The van der Waals surface area contributed by atoms with Crippen molar-refractivity contribution < 1.29 is 13.2 Å². The van der Waals surface area contributed by atoms with Crippen molar-refractivity contribution in [3.8, 4) is 0 Å². The molecular weight excluding hydrogens is 274 g/mol. The largest absolute Gasteiger partial charge is 0.381 e. The Morgan fingerprint density at radius 2 is 1.75 bits per heavy atom. The Morgan fingerprint density at radius 3 is 2.30 bits per heavy atom. The number of aryl methyl sites for hydroxylation is 2. The third-order valence-electron chi connectivity index (χ3n) is 3.76. The summed E-state index contributed by atoms with van der Waals surface area (Å²) in [4.78, 5) is 0. The van der Waals surface area contributed by atoms with Crippen LogP contribution >= 0.6 is 0 Å². The first-order valence-electron chi connectivity index (χ1n) is 7.01. The highest BCUT2D eigenvalue weighted by molar-refractivity contribution is 7.92. The third-order valence-corrected chi connectivity index (χ3v) is 6.07. The molecule has 0 spiro atoms. The van der Waals surface area contributed by atoms with Crippen LogP contribution in [0.2, 0.25) is 0 Å². The molecule has 4 nitrogen and oxygen atoms in total. The maximum atomic E-state index is 12.4. The molecule has 1 aromatic rings. The fourth-order valence-electron chi connectivity index (χ4n) is 2.74. The van der Waals surface area contributed by atoms with Crippen molar-refractivity contribution in [1.29, 1.82) is 0 Å². The number of hydrogen-bond acceptors (Lipinski definition) is 4. The SMILES string of the molecule is Cc1cc(C)cc(C(N)CS(=O)(=O)C2CCOCC2)c1. The van der Waals surface area contributed by atoms with Gasteiger partial charge in [-0.3, -0.25) is 0 Å². The van der Waals surface area contributed by atoms with Gasteiger partial charge < -0.3 is 10.5 Å². The maximum absolute atomic E-state index is 12.4. The Morgan fingerprint density at radius 1 is 1.20 bits per heavy atom. The number of hydrogen-bond donors (Lipinski definition) is 1. The number of sulfone groups is 1. The topological polar surface area (TPSA) is 69.4 Å². The maximum Gasteiger partial charge on any atom is 0.155 e. The Hall–Kier alpha value is -0.910. The quantitative estimate of drug-likeness (QED) is 0.921. The zero-order valence-corrected chi connectivity index (χ0v) is 12.9. The Kier molecular flexibility index (Phi) is 4.83. The molecule has 112 valence electrons. The van der Waals surface area contributed by atoms with E-state index in [4.69, 9.17) is 10.5 Å². The molecule has 1 aliphatic heterocycles. The zero-order chi connectivity index (χ0) is 14.8. The van der Waals surface area contributed by atoms with Crippen molar-refractivity contribution >= 4 is 9.84 Å². The van der Waals surface area contributed by atoms with E-state index in [9.17, 15) is 8.42 Å². The molecule has 0 radical (unpaired) electrons. The molecule has 1 atom stereocenters. The van der Waals surface area contributed by atoms with E-state index >= 15 is 0 Å². The Bertz CT molecular complexity index is 542. The predicted octanol–water partition coefficient (Wildman–Crippen LogP) is 1.90. The molecule has 0 bridgehead atoms. The number of rotatable bonds is 4. The first-order valence-corrected chi connectivity index (χ1v) is 8.73. The van der Waals surface area contributed by atoms with Crippen molar-refractivity contribution in [3.63, 3.8) is 0 Å². The van der Waals surface area contributed by atoms with Crippen molar-refractivity contribution in [1.82, 2.24) is 0 Å². The van der Waals surface area contributed by atoms with Crippen LogP contribution in [0, 0.1) is 13.8 Å². The molecule has 1 fully saturated rings. The first kappa shape index (κ1) is 15.5. The normalized spacial score (nSPS) is 18.9. The van der Waals surface area contributed by atoms with Crippen LogP contribution in [0.3, 0.4) is 0 Å². The summed E-state index contributed by atoms with van der Waals surface area (Å²) < 4.78 is 30.0. The molecule has 20 heavy (non-hydrogen) atoms. The van der Waals surface area contributed by atoms with Gasteiger partial charge in [-0.15, -0.1) is 0 Å². The van der Waals surface area contributed by atoms with Crippen molar-refractivity contribution in [2.24, 2.45) is 5.73 Å². The van der Waals surface area contributed by atoms with Gasteiger partial charge >= 0.3 is 0 Å². The smallest absolute Gasteiger partial charge is 0.155 e. The first-order chi connectivity index (χ1) is 9.38. The van der Waals surface area contributed by atoms with E-state index in [1.807, 2.05) is 26.0 Å². The van der Waals surface area contributed by atoms with Gasteiger partial charge in [-0.25, -0.2) is 8.42 Å². The molecule has 0 amide bonds. The summed E-state index contributed by atoms with van der Waals surface area (Å²) in [5.74, 6) is 0.0144. The van der Waals surface area contributed by atoms with E-state index in [0.29, 0.717) is 26.1 Å². The van der Waals surface area contributed by atoms with Gasteiger partial charge in [0.25, 0.3) is 0 Å². The fourth-order valence-corrected chi connectivity index (χ4v) is 4.62. The van der Waals surface area contributed by atoms with E-state index < -0.39 is 15.9 Å². The summed E-state index contributed by atoms with van der Waals surface area (Å²) in [6.07, 6.45) is 1.17. The summed E-state index contributed by atoms with van der Waals surface area (Å²) in [6, 6.07) is 5.54. The van der Waals surface area contributed by atoms with Crippen molar-refractivity contribution in [2.45, 2.75) is 38.0 Å². The second-order valence-electron chi connectivity index (χ2n) is 5.67. The van der Waals surface area contributed by atoms with E-state index in [2.05, 4.69) is 6.07 Å². The van der Waals surface area contributed by atoms with Crippen molar-refractivity contribution in [3.05, 3.63) is 34.9 Å². The number of nitrogens with two attached hydrogens (primary N) is 1. The van der Waals surface area contributed by atoms with Crippen LogP contribution in [0.15, 0.2) is 18.2 Å². The van der Waals surface area contributed by atoms with E-state index in [0.717, 1.165) is 16.7 Å². The molecule has 1 aromatic carbocycles. The molecule has 1 unspecified atom stereocenters. The molecule has 2 N–H and O–H groups in total. The van der Waals surface area contributed by atoms with E-state index in [1.54, 1.807) is 0 Å². The van der Waals surface area contributed by atoms with Gasteiger partial charge in [0.1, 0.15) is 0 Å². The van der Waals surface area contributed by atoms with Crippen LogP contribution in [-0.4, -0.2) is 32.6 Å². The number of ether oxygens (including phenoxy) is 1. The van der Waals surface area contributed by atoms with Gasteiger partial charge in [0.05, 0.1) is 11.0 Å². The van der Waals surface area contributed by atoms with Gasteiger partial charge in [-0.2, -0.15) is 0 Å². The molecule has 5 heteroatoms. The minimum absolute atomic E-state index is 0.0144. The molecule has 1 saturated heterocycles. The van der Waals surface area contributed by atoms with Crippen LogP contribution < -0.4 is 5.73 Å². The summed E-state index contributed by atoms with van der Waals surface area (Å²) in [7, 11) is -3.16. The summed E-state index contributed by atoms with van der Waals surface area (Å²) in [6.45, 7) is 5.05. The van der Waals surface area contributed by atoms with Gasteiger partial charge in [-0.1, -0.05) is 29.3 Å². The van der Waals surface area contributed by atoms with Crippen LogP contribution in [0.1, 0.15) is 35.6 Å². The monoisotopic (exact) mass is 297 g/mol. The zero-order valence-electron chi connectivity index (χ0n) is 12.1. The van der Waals surface area contributed by atoms with Gasteiger partial charge in [0, 0.05) is 19.3 Å². The molecule has 1 heterocycles. The summed E-state index contributed by atoms with van der Waals surface area (Å²) >= 11 is 0. The fraction of sp³-hybridized carbons (Fsp3) is 0.600. The van der Waals surface area contributed by atoms with Crippen LogP contribution in [0.5, 0.6) is 0 Å². The Balaban J connectivity index is 2.11. The molecule has 1 aliphatic rings. The van der Waals surface area contributed by atoms with Gasteiger partial charge in [0.2, 0.25) is 0 Å². The third kappa shape index (κ3) is 3.81. The lowest BCUT2D eigenvalue weighted by Crippen LogP contribution is -2.34. The lowest BCUT2D eigenvalue weighted by Gasteiger charge is -2.24. The van der Waals surface area contributed by atoms with Crippen LogP contribution in [0.4, 0.5) is 0 Å². The highest BCUT2D eigenvalue weighted by atomic mass is 32.2. The van der Waals surface area contributed by atoms with E-state index in [-0.39, 0.29) is 11.0 Å². The second kappa shape index (κ2) is 6.24. The standard InChI is InChI=1S/C15H23NO3S/c1-11-7-12(2)9-13(8-11)15(16)10-20(17,18)14-3-5-19-6-4-14/h7-9,14-15H,3-6,10,16H2,1-2H3. The Labute approximate surface area is 121 Å². The minimum Gasteiger partial charge on any atom is -0.381 e. The van der Waals surface area contributed by atoms with Crippen LogP contribution in [0.25, 0.3) is 0 Å². The average Bonchev–Trinajstić information content (AvgIpc) is 2.38. The lowest BCUT2D eigenvalue weighted by atomic mass is 10.0. The highest BCUT2D eigenvalue weighted by Crippen LogP contribution is 2.22. The van der Waals surface area contributed by atoms with Gasteiger partial charge in [0.15, 0.2) is 9.84 Å². The summed E-state index contributed by atoms with van der Waals surface area (Å²) in [5.41, 5.74) is 9.24. The molecule has 0 saturated carbocycles. The molecule has 2 rings (SSSR count). The number of benzene rings is 1. The van der Waals surface area contributed by atoms with Gasteiger partial charge in [-0.05, 0) is 32.3 Å². The second-order valence-corrected chi connectivity index (χ2v) is 7.99. The molecular formula is C15H23NO3S. The molecule has 0 aliphatic carbocycles. The average molecular weight is 297 g/mol. The summed E-state index contributed by atoms with van der Waals surface area (Å²) in [5, 5.41) is -0.298. The van der Waals surface area contributed by atoms with E-state index in [1.165, 1.54) is 0 Å².